The molecule has 3 aromatic rings. The summed E-state index contributed by atoms with van der Waals surface area (Å²) in [6.07, 6.45) is 2.00. The van der Waals surface area contributed by atoms with Gasteiger partial charge in [0.25, 0.3) is 0 Å². The number of carbonyl (C=O) groups is 1. The standard InChI is InChI=1S/C18H16ClN3OS/c1-22(11-13-6-2-3-7-15(13)19)17(23)10-14-12-24-18(21-14)16-8-4-5-9-20-16/h2-9,12H,10-11H2,1H3. The molecule has 0 fully saturated rings. The lowest BCUT2D eigenvalue weighted by atomic mass is 10.2. The minimum atomic E-state index is 0.00721. The van der Waals surface area contributed by atoms with Gasteiger partial charge in [0.1, 0.15) is 5.01 Å². The molecule has 0 saturated carbocycles. The Hall–Kier alpha value is -2.24. The zero-order chi connectivity index (χ0) is 16.9. The summed E-state index contributed by atoms with van der Waals surface area (Å²) < 4.78 is 0. The van der Waals surface area contributed by atoms with Crippen LogP contribution < -0.4 is 0 Å². The lowest BCUT2D eigenvalue weighted by Gasteiger charge is -2.17. The number of amides is 1. The lowest BCUT2D eigenvalue weighted by molar-refractivity contribution is -0.129. The van der Waals surface area contributed by atoms with Gasteiger partial charge in [0.15, 0.2) is 0 Å². The largest absolute Gasteiger partial charge is 0.341 e. The van der Waals surface area contributed by atoms with Crippen molar-refractivity contribution < 1.29 is 4.79 Å². The average molecular weight is 358 g/mol. The molecule has 0 aliphatic carbocycles. The summed E-state index contributed by atoms with van der Waals surface area (Å²) in [6.45, 7) is 0.482. The first-order valence-electron chi connectivity index (χ1n) is 7.46. The number of rotatable bonds is 5. The van der Waals surface area contributed by atoms with Gasteiger partial charge in [-0.2, -0.15) is 0 Å². The smallest absolute Gasteiger partial charge is 0.228 e. The molecule has 4 nitrogen and oxygen atoms in total. The highest BCUT2D eigenvalue weighted by Gasteiger charge is 2.14. The van der Waals surface area contributed by atoms with Gasteiger partial charge in [0.2, 0.25) is 5.91 Å². The van der Waals surface area contributed by atoms with Gasteiger partial charge in [-0.15, -0.1) is 11.3 Å². The number of hydrogen-bond acceptors (Lipinski definition) is 4. The fourth-order valence-electron chi connectivity index (χ4n) is 2.26. The summed E-state index contributed by atoms with van der Waals surface area (Å²) >= 11 is 7.65. The molecule has 3 rings (SSSR count). The molecule has 0 saturated heterocycles. The van der Waals surface area contributed by atoms with Crippen molar-refractivity contribution in [2.24, 2.45) is 0 Å². The highest BCUT2D eigenvalue weighted by Crippen LogP contribution is 2.22. The summed E-state index contributed by atoms with van der Waals surface area (Å²) in [7, 11) is 1.78. The van der Waals surface area contributed by atoms with Crippen LogP contribution in [0.15, 0.2) is 54.0 Å². The minimum absolute atomic E-state index is 0.00721. The van der Waals surface area contributed by atoms with Crippen molar-refractivity contribution in [2.75, 3.05) is 7.05 Å². The number of carbonyl (C=O) groups excluding carboxylic acids is 1. The topological polar surface area (TPSA) is 46.1 Å². The quantitative estimate of drug-likeness (QED) is 0.691. The molecule has 0 N–H and O–H groups in total. The van der Waals surface area contributed by atoms with E-state index in [1.807, 2.05) is 47.8 Å². The third-order valence-corrected chi connectivity index (χ3v) is 4.84. The van der Waals surface area contributed by atoms with Crippen LogP contribution in [0.5, 0.6) is 0 Å². The molecule has 0 radical (unpaired) electrons. The highest BCUT2D eigenvalue weighted by molar-refractivity contribution is 7.13. The lowest BCUT2D eigenvalue weighted by Crippen LogP contribution is -2.27. The number of aromatic nitrogens is 2. The zero-order valence-electron chi connectivity index (χ0n) is 13.1. The van der Waals surface area contributed by atoms with Crippen molar-refractivity contribution in [1.82, 2.24) is 14.9 Å². The maximum atomic E-state index is 12.4. The predicted octanol–water partition coefficient (Wildman–Crippen LogP) is 4.06. The first kappa shape index (κ1) is 16.6. The van der Waals surface area contributed by atoms with E-state index in [0.29, 0.717) is 11.6 Å². The molecule has 2 aromatic heterocycles. The predicted molar refractivity (Wildman–Crippen MR) is 97.0 cm³/mol. The third-order valence-electron chi connectivity index (χ3n) is 3.56. The van der Waals surface area contributed by atoms with Crippen LogP contribution in [0, 0.1) is 0 Å². The Balaban J connectivity index is 1.65. The molecule has 24 heavy (non-hydrogen) atoms. The van der Waals surface area contributed by atoms with E-state index in [0.717, 1.165) is 22.0 Å². The van der Waals surface area contributed by atoms with Gasteiger partial charge in [0.05, 0.1) is 17.8 Å². The Morgan fingerprint density at radius 2 is 2.00 bits per heavy atom. The van der Waals surface area contributed by atoms with E-state index in [4.69, 9.17) is 11.6 Å². The van der Waals surface area contributed by atoms with Crippen molar-refractivity contribution >= 4 is 28.8 Å². The summed E-state index contributed by atoms with van der Waals surface area (Å²) in [5.41, 5.74) is 2.52. The van der Waals surface area contributed by atoms with Gasteiger partial charge in [-0.3, -0.25) is 9.78 Å². The summed E-state index contributed by atoms with van der Waals surface area (Å²) in [6, 6.07) is 13.2. The molecule has 0 aliphatic rings. The molecule has 0 bridgehead atoms. The number of pyridine rings is 1. The van der Waals surface area contributed by atoms with Crippen molar-refractivity contribution in [3.63, 3.8) is 0 Å². The van der Waals surface area contributed by atoms with Crippen LogP contribution >= 0.6 is 22.9 Å². The van der Waals surface area contributed by atoms with Gasteiger partial charge in [0, 0.05) is 30.2 Å². The molecule has 0 unspecified atom stereocenters. The molecule has 6 heteroatoms. The van der Waals surface area contributed by atoms with Gasteiger partial charge in [-0.05, 0) is 23.8 Å². The molecule has 0 spiro atoms. The number of likely N-dealkylation sites (N-methyl/N-ethyl adjacent to an activating group) is 1. The molecule has 122 valence electrons. The first-order chi connectivity index (χ1) is 11.6. The van der Waals surface area contributed by atoms with Crippen molar-refractivity contribution in [3.8, 4) is 10.7 Å². The van der Waals surface area contributed by atoms with Crippen molar-refractivity contribution in [1.29, 1.82) is 0 Å². The molecular formula is C18H16ClN3OS. The molecule has 0 atom stereocenters. The average Bonchev–Trinajstić information content (AvgIpc) is 3.06. The molecular weight excluding hydrogens is 342 g/mol. The van der Waals surface area contributed by atoms with E-state index in [-0.39, 0.29) is 12.3 Å². The van der Waals surface area contributed by atoms with Crippen LogP contribution in [-0.2, 0) is 17.8 Å². The second kappa shape index (κ2) is 7.55. The van der Waals surface area contributed by atoms with Gasteiger partial charge >= 0.3 is 0 Å². The van der Waals surface area contributed by atoms with Gasteiger partial charge in [-0.25, -0.2) is 4.98 Å². The minimum Gasteiger partial charge on any atom is -0.341 e. The Morgan fingerprint density at radius 1 is 1.21 bits per heavy atom. The van der Waals surface area contributed by atoms with Gasteiger partial charge in [-0.1, -0.05) is 35.9 Å². The summed E-state index contributed by atoms with van der Waals surface area (Å²) in [5.74, 6) is 0.00721. The Kier molecular flexibility index (Phi) is 5.23. The summed E-state index contributed by atoms with van der Waals surface area (Å²) in [5, 5.41) is 3.40. The monoisotopic (exact) mass is 357 g/mol. The molecule has 2 heterocycles. The number of thiazole rings is 1. The fraction of sp³-hybridized carbons (Fsp3) is 0.167. The number of nitrogens with zero attached hydrogens (tertiary/aromatic N) is 3. The van der Waals surface area contributed by atoms with Crippen LogP contribution in [-0.4, -0.2) is 27.8 Å². The van der Waals surface area contributed by atoms with Crippen LogP contribution in [0.4, 0.5) is 0 Å². The van der Waals surface area contributed by atoms with E-state index in [1.165, 1.54) is 11.3 Å². The molecule has 1 aromatic carbocycles. The van der Waals surface area contributed by atoms with E-state index in [2.05, 4.69) is 9.97 Å². The van der Waals surface area contributed by atoms with Crippen molar-refractivity contribution in [2.45, 2.75) is 13.0 Å². The molecule has 0 aliphatic heterocycles. The second-order valence-corrected chi connectivity index (χ2v) is 6.64. The number of halogens is 1. The van der Waals surface area contributed by atoms with E-state index in [1.54, 1.807) is 18.1 Å². The van der Waals surface area contributed by atoms with Gasteiger partial charge < -0.3 is 4.90 Å². The zero-order valence-corrected chi connectivity index (χ0v) is 14.7. The summed E-state index contributed by atoms with van der Waals surface area (Å²) in [4.78, 5) is 22.9. The Bertz CT molecular complexity index is 835. The molecule has 1 amide bonds. The van der Waals surface area contributed by atoms with E-state index >= 15 is 0 Å². The maximum absolute atomic E-state index is 12.4. The number of benzene rings is 1. The first-order valence-corrected chi connectivity index (χ1v) is 8.72. The third kappa shape index (κ3) is 3.99. The number of hydrogen-bond donors (Lipinski definition) is 0. The van der Waals surface area contributed by atoms with Crippen molar-refractivity contribution in [3.05, 3.63) is 70.3 Å². The van der Waals surface area contributed by atoms with E-state index < -0.39 is 0 Å². The van der Waals surface area contributed by atoms with Crippen LogP contribution in [0.25, 0.3) is 10.7 Å². The van der Waals surface area contributed by atoms with E-state index in [9.17, 15) is 4.79 Å². The normalized spacial score (nSPS) is 10.6. The van der Waals surface area contributed by atoms with Crippen LogP contribution in [0.2, 0.25) is 5.02 Å². The SMILES string of the molecule is CN(Cc1ccccc1Cl)C(=O)Cc1csc(-c2ccccn2)n1. The fourth-order valence-corrected chi connectivity index (χ4v) is 3.25. The highest BCUT2D eigenvalue weighted by atomic mass is 35.5. The van der Waals surface area contributed by atoms with Crippen LogP contribution in [0.3, 0.4) is 0 Å². The Morgan fingerprint density at radius 3 is 2.75 bits per heavy atom. The maximum Gasteiger partial charge on any atom is 0.228 e. The van der Waals surface area contributed by atoms with Crippen LogP contribution in [0.1, 0.15) is 11.3 Å². The second-order valence-electron chi connectivity index (χ2n) is 5.38. The Labute approximate surface area is 149 Å².